The van der Waals surface area contributed by atoms with E-state index in [1.807, 2.05) is 0 Å². The molecule has 18 heavy (non-hydrogen) atoms. The molecule has 0 spiro atoms. The monoisotopic (exact) mass is 254 g/mol. The van der Waals surface area contributed by atoms with Gasteiger partial charge in [0.25, 0.3) is 0 Å². The molecule has 2 heteroatoms. The van der Waals surface area contributed by atoms with Crippen LogP contribution in [0.15, 0.2) is 0 Å². The SMILES string of the molecule is CCCCN(CC1NCCCC1(C)C)C(C)CC. The maximum absolute atomic E-state index is 3.75. The number of nitrogens with zero attached hydrogens (tertiary/aromatic N) is 1. The molecular formula is C16H34N2. The first-order valence-electron chi connectivity index (χ1n) is 7.98. The number of rotatable bonds is 7. The predicted octanol–water partition coefficient (Wildman–Crippen LogP) is 3.67. The van der Waals surface area contributed by atoms with E-state index >= 15 is 0 Å². The molecular weight excluding hydrogens is 220 g/mol. The quantitative estimate of drug-likeness (QED) is 0.746. The van der Waals surface area contributed by atoms with Crippen LogP contribution in [-0.2, 0) is 0 Å². The Kier molecular flexibility index (Phi) is 6.65. The highest BCUT2D eigenvalue weighted by Crippen LogP contribution is 2.31. The Hall–Kier alpha value is -0.0800. The standard InChI is InChI=1S/C16H34N2/c1-6-8-12-18(14(3)7-2)13-15-16(4,5)10-9-11-17-15/h14-15,17H,6-13H2,1-5H3. The van der Waals surface area contributed by atoms with Crippen LogP contribution in [0.2, 0.25) is 0 Å². The second-order valence-corrected chi connectivity index (χ2v) is 6.70. The summed E-state index contributed by atoms with van der Waals surface area (Å²) in [4.78, 5) is 2.70. The zero-order chi connectivity index (χ0) is 13.6. The van der Waals surface area contributed by atoms with Crippen molar-refractivity contribution in [3.63, 3.8) is 0 Å². The molecule has 0 bridgehead atoms. The fourth-order valence-electron chi connectivity index (χ4n) is 2.93. The predicted molar refractivity (Wildman–Crippen MR) is 81.0 cm³/mol. The van der Waals surface area contributed by atoms with E-state index in [9.17, 15) is 0 Å². The highest BCUT2D eigenvalue weighted by atomic mass is 15.2. The molecule has 108 valence electrons. The average Bonchev–Trinajstić information content (AvgIpc) is 2.35. The summed E-state index contributed by atoms with van der Waals surface area (Å²) in [6.07, 6.45) is 6.59. The van der Waals surface area contributed by atoms with Crippen LogP contribution in [-0.4, -0.2) is 36.6 Å². The lowest BCUT2D eigenvalue weighted by molar-refractivity contribution is 0.103. The van der Waals surface area contributed by atoms with Crippen molar-refractivity contribution in [1.82, 2.24) is 10.2 Å². The van der Waals surface area contributed by atoms with Crippen LogP contribution in [0.25, 0.3) is 0 Å². The Morgan fingerprint density at radius 1 is 1.33 bits per heavy atom. The summed E-state index contributed by atoms with van der Waals surface area (Å²) in [5.41, 5.74) is 0.455. The van der Waals surface area contributed by atoms with Gasteiger partial charge in [-0.3, -0.25) is 4.90 Å². The molecule has 2 atom stereocenters. The zero-order valence-electron chi connectivity index (χ0n) is 13.3. The number of hydrogen-bond donors (Lipinski definition) is 1. The molecule has 0 amide bonds. The van der Waals surface area contributed by atoms with Gasteiger partial charge in [0.2, 0.25) is 0 Å². The molecule has 0 aromatic rings. The molecule has 1 fully saturated rings. The molecule has 2 nitrogen and oxygen atoms in total. The van der Waals surface area contributed by atoms with Crippen molar-refractivity contribution in [1.29, 1.82) is 0 Å². The van der Waals surface area contributed by atoms with Crippen molar-refractivity contribution in [3.05, 3.63) is 0 Å². The second kappa shape index (κ2) is 7.49. The maximum Gasteiger partial charge on any atom is 0.0246 e. The second-order valence-electron chi connectivity index (χ2n) is 6.70. The third kappa shape index (κ3) is 4.55. The molecule has 1 aliphatic heterocycles. The van der Waals surface area contributed by atoms with Gasteiger partial charge in [-0.1, -0.05) is 34.1 Å². The van der Waals surface area contributed by atoms with Crippen LogP contribution in [0.5, 0.6) is 0 Å². The van der Waals surface area contributed by atoms with Gasteiger partial charge in [0, 0.05) is 18.6 Å². The first-order valence-corrected chi connectivity index (χ1v) is 7.98. The van der Waals surface area contributed by atoms with Crippen LogP contribution in [0, 0.1) is 5.41 Å². The number of hydrogen-bond acceptors (Lipinski definition) is 2. The molecule has 0 aromatic heterocycles. The van der Waals surface area contributed by atoms with E-state index < -0.39 is 0 Å². The first-order chi connectivity index (χ1) is 8.51. The van der Waals surface area contributed by atoms with Gasteiger partial charge in [-0.2, -0.15) is 0 Å². The van der Waals surface area contributed by atoms with Crippen molar-refractivity contribution in [2.24, 2.45) is 5.41 Å². The summed E-state index contributed by atoms with van der Waals surface area (Å²) in [5.74, 6) is 0. The number of piperidine rings is 1. The third-order valence-corrected chi connectivity index (χ3v) is 4.76. The summed E-state index contributed by atoms with van der Waals surface area (Å²) in [7, 11) is 0. The van der Waals surface area contributed by atoms with Gasteiger partial charge >= 0.3 is 0 Å². The Morgan fingerprint density at radius 2 is 2.06 bits per heavy atom. The number of nitrogens with one attached hydrogen (secondary N) is 1. The zero-order valence-corrected chi connectivity index (χ0v) is 13.3. The van der Waals surface area contributed by atoms with Crippen LogP contribution < -0.4 is 5.32 Å². The van der Waals surface area contributed by atoms with E-state index in [1.54, 1.807) is 0 Å². The van der Waals surface area contributed by atoms with Crippen molar-refractivity contribution in [3.8, 4) is 0 Å². The van der Waals surface area contributed by atoms with E-state index in [0.29, 0.717) is 11.5 Å². The first kappa shape index (κ1) is 16.0. The molecule has 0 aliphatic carbocycles. The van der Waals surface area contributed by atoms with E-state index in [4.69, 9.17) is 0 Å². The summed E-state index contributed by atoms with van der Waals surface area (Å²) in [5, 5.41) is 3.75. The topological polar surface area (TPSA) is 15.3 Å². The van der Waals surface area contributed by atoms with Crippen LogP contribution in [0.1, 0.15) is 66.7 Å². The third-order valence-electron chi connectivity index (χ3n) is 4.76. The van der Waals surface area contributed by atoms with Crippen molar-refractivity contribution >= 4 is 0 Å². The molecule has 0 radical (unpaired) electrons. The fourth-order valence-corrected chi connectivity index (χ4v) is 2.93. The van der Waals surface area contributed by atoms with Gasteiger partial charge < -0.3 is 5.32 Å². The fraction of sp³-hybridized carbons (Fsp3) is 1.00. The van der Waals surface area contributed by atoms with Crippen molar-refractivity contribution in [2.45, 2.75) is 78.8 Å². The van der Waals surface area contributed by atoms with Crippen LogP contribution >= 0.6 is 0 Å². The normalized spacial score (nSPS) is 25.3. The van der Waals surface area contributed by atoms with Gasteiger partial charge in [0.1, 0.15) is 0 Å². The molecule has 1 rings (SSSR count). The highest BCUT2D eigenvalue weighted by Gasteiger charge is 2.33. The molecule has 1 N–H and O–H groups in total. The summed E-state index contributed by atoms with van der Waals surface area (Å²) >= 11 is 0. The van der Waals surface area contributed by atoms with Gasteiger partial charge in [0.15, 0.2) is 0 Å². The highest BCUT2D eigenvalue weighted by molar-refractivity contribution is 4.90. The molecule has 2 unspecified atom stereocenters. The lowest BCUT2D eigenvalue weighted by atomic mass is 9.77. The Morgan fingerprint density at radius 3 is 2.61 bits per heavy atom. The molecule has 0 aromatic carbocycles. The van der Waals surface area contributed by atoms with Gasteiger partial charge in [-0.25, -0.2) is 0 Å². The summed E-state index contributed by atoms with van der Waals surface area (Å²) < 4.78 is 0. The maximum atomic E-state index is 3.75. The lowest BCUT2D eigenvalue weighted by Crippen LogP contribution is -2.54. The Bertz CT molecular complexity index is 225. The lowest BCUT2D eigenvalue weighted by Gasteiger charge is -2.43. The minimum absolute atomic E-state index is 0.455. The largest absolute Gasteiger partial charge is 0.312 e. The van der Waals surface area contributed by atoms with Crippen LogP contribution in [0.3, 0.4) is 0 Å². The van der Waals surface area contributed by atoms with E-state index in [0.717, 1.165) is 6.04 Å². The van der Waals surface area contributed by atoms with Crippen molar-refractivity contribution < 1.29 is 0 Å². The minimum atomic E-state index is 0.455. The Labute approximate surface area is 115 Å². The molecule has 1 aliphatic rings. The minimum Gasteiger partial charge on any atom is -0.312 e. The van der Waals surface area contributed by atoms with E-state index in [2.05, 4.69) is 44.8 Å². The molecule has 1 saturated heterocycles. The summed E-state index contributed by atoms with van der Waals surface area (Å²) in [6.45, 7) is 15.5. The molecule has 0 saturated carbocycles. The van der Waals surface area contributed by atoms with Gasteiger partial charge in [0.05, 0.1) is 0 Å². The molecule has 1 heterocycles. The average molecular weight is 254 g/mol. The van der Waals surface area contributed by atoms with Crippen LogP contribution in [0.4, 0.5) is 0 Å². The smallest absolute Gasteiger partial charge is 0.0246 e. The summed E-state index contributed by atoms with van der Waals surface area (Å²) in [6, 6.07) is 1.38. The van der Waals surface area contributed by atoms with E-state index in [-0.39, 0.29) is 0 Å². The van der Waals surface area contributed by atoms with Gasteiger partial charge in [-0.15, -0.1) is 0 Å². The Balaban J connectivity index is 2.57. The van der Waals surface area contributed by atoms with Gasteiger partial charge in [-0.05, 0) is 51.1 Å². The van der Waals surface area contributed by atoms with E-state index in [1.165, 1.54) is 51.7 Å². The number of unbranched alkanes of at least 4 members (excludes halogenated alkanes) is 1. The van der Waals surface area contributed by atoms with Crippen molar-refractivity contribution in [2.75, 3.05) is 19.6 Å².